The lowest BCUT2D eigenvalue weighted by Crippen LogP contribution is -2.48. The van der Waals surface area contributed by atoms with Crippen LogP contribution in [0.2, 0.25) is 0 Å². The number of fused-ring (bicyclic) bond motifs is 3. The van der Waals surface area contributed by atoms with Crippen molar-refractivity contribution in [3.63, 3.8) is 0 Å². The highest BCUT2D eigenvalue weighted by molar-refractivity contribution is 5.16. The van der Waals surface area contributed by atoms with Crippen molar-refractivity contribution in [2.45, 2.75) is 40.0 Å². The van der Waals surface area contributed by atoms with Crippen LogP contribution in [-0.4, -0.2) is 24.5 Å². The largest absolute Gasteiger partial charge is 0.303 e. The second-order valence-electron chi connectivity index (χ2n) is 6.74. The quantitative estimate of drug-likeness (QED) is 0.696. The van der Waals surface area contributed by atoms with Crippen molar-refractivity contribution >= 4 is 0 Å². The second-order valence-corrected chi connectivity index (χ2v) is 6.74. The molecular formula is C23H33N. The van der Waals surface area contributed by atoms with Crippen LogP contribution in [-0.2, 0) is 6.42 Å². The van der Waals surface area contributed by atoms with E-state index in [2.05, 4.69) is 54.3 Å². The molecule has 0 saturated carbocycles. The standard InChI is InChI=1S/C14H19N.C7H8.C2H6/c1-2-4-12(5-3-1)10-14-11-15-8-6-13(14)7-9-15;1-7-5-3-2-4-6-7;1-2/h1-5,13-14H,6-11H2;2-6H,1H3;1-2H3/t14-;;/m0../s1. The van der Waals surface area contributed by atoms with Gasteiger partial charge in [-0.15, -0.1) is 0 Å². The summed E-state index contributed by atoms with van der Waals surface area (Å²) in [5.74, 6) is 1.94. The second kappa shape index (κ2) is 10.3. The SMILES string of the molecule is CC.Cc1ccccc1.c1ccc(C[C@H]2CN3CCC2CC3)cc1. The number of nitrogens with zero attached hydrogens (tertiary/aromatic N) is 1. The van der Waals surface area contributed by atoms with Gasteiger partial charge in [0.1, 0.15) is 0 Å². The zero-order valence-electron chi connectivity index (χ0n) is 15.6. The lowest BCUT2D eigenvalue weighted by Gasteiger charge is -2.45. The van der Waals surface area contributed by atoms with E-state index >= 15 is 0 Å². The molecule has 3 saturated heterocycles. The summed E-state index contributed by atoms with van der Waals surface area (Å²) in [6, 6.07) is 21.3. The summed E-state index contributed by atoms with van der Waals surface area (Å²) < 4.78 is 0. The van der Waals surface area contributed by atoms with Gasteiger partial charge in [0.2, 0.25) is 0 Å². The third kappa shape index (κ3) is 5.79. The molecule has 2 bridgehead atoms. The average molecular weight is 324 g/mol. The lowest BCUT2D eigenvalue weighted by molar-refractivity contribution is 0.0512. The van der Waals surface area contributed by atoms with Crippen LogP contribution < -0.4 is 0 Å². The van der Waals surface area contributed by atoms with Crippen LogP contribution in [0.3, 0.4) is 0 Å². The highest BCUT2D eigenvalue weighted by atomic mass is 15.1. The monoisotopic (exact) mass is 323 g/mol. The van der Waals surface area contributed by atoms with Gasteiger partial charge >= 0.3 is 0 Å². The Bertz CT molecular complexity index is 541. The Labute approximate surface area is 148 Å². The van der Waals surface area contributed by atoms with Gasteiger partial charge in [-0.25, -0.2) is 0 Å². The van der Waals surface area contributed by atoms with Gasteiger partial charge in [-0.3, -0.25) is 0 Å². The fraction of sp³-hybridized carbons (Fsp3) is 0.478. The maximum atomic E-state index is 2.65. The first-order valence-corrected chi connectivity index (χ1v) is 9.59. The highest BCUT2D eigenvalue weighted by Gasteiger charge is 2.33. The minimum absolute atomic E-state index is 0.926. The van der Waals surface area contributed by atoms with Gasteiger partial charge in [0.25, 0.3) is 0 Å². The van der Waals surface area contributed by atoms with Crippen LogP contribution in [0, 0.1) is 18.8 Å². The third-order valence-corrected chi connectivity index (χ3v) is 5.07. The summed E-state index contributed by atoms with van der Waals surface area (Å²) in [5.41, 5.74) is 2.85. The van der Waals surface area contributed by atoms with Crippen LogP contribution >= 0.6 is 0 Å². The van der Waals surface area contributed by atoms with Crippen molar-refractivity contribution < 1.29 is 0 Å². The molecule has 0 amide bonds. The summed E-state index contributed by atoms with van der Waals surface area (Å²) >= 11 is 0. The molecule has 0 radical (unpaired) electrons. The summed E-state index contributed by atoms with van der Waals surface area (Å²) in [6.45, 7) is 10.1. The summed E-state index contributed by atoms with van der Waals surface area (Å²) in [5, 5.41) is 0. The first-order chi connectivity index (χ1) is 11.8. The normalized spacial score (nSPS) is 24.2. The molecule has 2 aromatic carbocycles. The van der Waals surface area contributed by atoms with E-state index in [-0.39, 0.29) is 0 Å². The molecule has 5 rings (SSSR count). The van der Waals surface area contributed by atoms with Gasteiger partial charge in [-0.05, 0) is 56.7 Å². The highest BCUT2D eigenvalue weighted by Crippen LogP contribution is 2.34. The molecule has 3 aliphatic heterocycles. The van der Waals surface area contributed by atoms with Crippen LogP contribution in [0.4, 0.5) is 0 Å². The Morgan fingerprint density at radius 1 is 0.833 bits per heavy atom. The van der Waals surface area contributed by atoms with Gasteiger partial charge in [-0.2, -0.15) is 0 Å². The maximum Gasteiger partial charge on any atom is 0.00155 e. The maximum absolute atomic E-state index is 2.65. The number of aryl methyl sites for hydroxylation is 1. The fourth-order valence-corrected chi connectivity index (χ4v) is 3.77. The van der Waals surface area contributed by atoms with E-state index < -0.39 is 0 Å². The van der Waals surface area contributed by atoms with E-state index in [1.807, 2.05) is 32.0 Å². The van der Waals surface area contributed by atoms with Crippen molar-refractivity contribution in [3.8, 4) is 0 Å². The van der Waals surface area contributed by atoms with Crippen LogP contribution in [0.25, 0.3) is 0 Å². The van der Waals surface area contributed by atoms with E-state index in [4.69, 9.17) is 0 Å². The first-order valence-electron chi connectivity index (χ1n) is 9.59. The molecule has 3 heterocycles. The molecule has 1 nitrogen and oxygen atoms in total. The van der Waals surface area contributed by atoms with E-state index in [1.54, 1.807) is 0 Å². The first kappa shape index (κ1) is 18.7. The van der Waals surface area contributed by atoms with E-state index in [0.29, 0.717) is 0 Å². The molecule has 0 spiro atoms. The Kier molecular flexibility index (Phi) is 8.04. The third-order valence-electron chi connectivity index (χ3n) is 5.07. The van der Waals surface area contributed by atoms with Crippen LogP contribution in [0.5, 0.6) is 0 Å². The molecule has 0 unspecified atom stereocenters. The average Bonchev–Trinajstić information content (AvgIpc) is 2.66. The Morgan fingerprint density at radius 2 is 1.38 bits per heavy atom. The van der Waals surface area contributed by atoms with Crippen molar-refractivity contribution in [2.75, 3.05) is 19.6 Å². The molecule has 1 atom stereocenters. The van der Waals surface area contributed by atoms with Crippen LogP contribution in [0.15, 0.2) is 60.7 Å². The molecule has 0 aliphatic carbocycles. The van der Waals surface area contributed by atoms with Gasteiger partial charge in [0, 0.05) is 6.54 Å². The Hall–Kier alpha value is -1.60. The van der Waals surface area contributed by atoms with E-state index in [1.165, 1.54) is 50.0 Å². The van der Waals surface area contributed by atoms with Gasteiger partial charge in [0.15, 0.2) is 0 Å². The molecular weight excluding hydrogens is 290 g/mol. The minimum Gasteiger partial charge on any atom is -0.303 e. The van der Waals surface area contributed by atoms with Crippen molar-refractivity contribution in [1.82, 2.24) is 4.90 Å². The fourth-order valence-electron chi connectivity index (χ4n) is 3.77. The summed E-state index contributed by atoms with van der Waals surface area (Å²) in [6.07, 6.45) is 4.18. The number of rotatable bonds is 2. The van der Waals surface area contributed by atoms with E-state index in [9.17, 15) is 0 Å². The molecule has 3 fully saturated rings. The Morgan fingerprint density at radius 3 is 1.79 bits per heavy atom. The number of hydrogen-bond donors (Lipinski definition) is 0. The van der Waals surface area contributed by atoms with Gasteiger partial charge < -0.3 is 4.90 Å². The molecule has 0 aromatic heterocycles. The van der Waals surface area contributed by atoms with Gasteiger partial charge in [0.05, 0.1) is 0 Å². The molecule has 24 heavy (non-hydrogen) atoms. The topological polar surface area (TPSA) is 3.24 Å². The minimum atomic E-state index is 0.926. The molecule has 130 valence electrons. The van der Waals surface area contributed by atoms with Gasteiger partial charge in [-0.1, -0.05) is 80.1 Å². The lowest BCUT2D eigenvalue weighted by atomic mass is 9.76. The predicted molar refractivity (Wildman–Crippen MR) is 105 cm³/mol. The van der Waals surface area contributed by atoms with Crippen LogP contribution in [0.1, 0.15) is 37.8 Å². The van der Waals surface area contributed by atoms with Crippen molar-refractivity contribution in [1.29, 1.82) is 0 Å². The number of hydrogen-bond acceptors (Lipinski definition) is 1. The van der Waals surface area contributed by atoms with Crippen molar-refractivity contribution in [3.05, 3.63) is 71.8 Å². The molecule has 3 aliphatic rings. The number of piperidine rings is 3. The Balaban J connectivity index is 0.000000196. The summed E-state index contributed by atoms with van der Waals surface area (Å²) in [4.78, 5) is 2.65. The summed E-state index contributed by atoms with van der Waals surface area (Å²) in [7, 11) is 0. The number of benzene rings is 2. The predicted octanol–water partition coefficient (Wildman–Crippen LogP) is 5.59. The van der Waals surface area contributed by atoms with Crippen molar-refractivity contribution in [2.24, 2.45) is 11.8 Å². The molecule has 1 heteroatoms. The smallest absolute Gasteiger partial charge is 0.00155 e. The molecule has 2 aromatic rings. The zero-order valence-corrected chi connectivity index (χ0v) is 15.6. The zero-order chi connectivity index (χ0) is 17.2. The molecule has 0 N–H and O–H groups in total. The van der Waals surface area contributed by atoms with E-state index in [0.717, 1.165) is 11.8 Å².